The normalized spacial score (nSPS) is 10.6. The summed E-state index contributed by atoms with van der Waals surface area (Å²) in [5, 5.41) is 14.7. The largest absolute Gasteiger partial charge is 0.368 e. The Morgan fingerprint density at radius 3 is 2.47 bits per heavy atom. The third-order valence-electron chi connectivity index (χ3n) is 2.84. The van der Waals surface area contributed by atoms with Gasteiger partial charge in [0.1, 0.15) is 5.54 Å². The van der Waals surface area contributed by atoms with Gasteiger partial charge in [0.25, 0.3) is 0 Å². The Bertz CT molecular complexity index is 457. The van der Waals surface area contributed by atoms with Gasteiger partial charge in [-0.25, -0.2) is 0 Å². The van der Waals surface area contributed by atoms with Gasteiger partial charge in [0.05, 0.1) is 6.07 Å². The van der Waals surface area contributed by atoms with Crippen LogP contribution in [0.3, 0.4) is 0 Å². The zero-order valence-electron chi connectivity index (χ0n) is 11.8. The summed E-state index contributed by atoms with van der Waals surface area (Å²) in [5.41, 5.74) is 1.56. The van der Waals surface area contributed by atoms with Crippen molar-refractivity contribution in [1.29, 1.82) is 5.26 Å². The van der Waals surface area contributed by atoms with E-state index in [0.29, 0.717) is 6.42 Å². The minimum Gasteiger partial charge on any atom is -0.368 e. The van der Waals surface area contributed by atoms with Crippen molar-refractivity contribution in [3.63, 3.8) is 0 Å². The summed E-state index contributed by atoms with van der Waals surface area (Å²) in [6.45, 7) is 3.68. The van der Waals surface area contributed by atoms with Crippen molar-refractivity contribution in [2.75, 3.05) is 12.4 Å². The molecule has 19 heavy (non-hydrogen) atoms. The molecule has 4 nitrogen and oxygen atoms in total. The first-order chi connectivity index (χ1) is 8.96. The molecule has 4 heteroatoms. The Hall–Kier alpha value is -2.02. The van der Waals surface area contributed by atoms with Gasteiger partial charge in [-0.1, -0.05) is 12.1 Å². The summed E-state index contributed by atoms with van der Waals surface area (Å²) in [5.74, 6) is 0.0778. The minimum atomic E-state index is -0.569. The number of rotatable bonds is 6. The highest BCUT2D eigenvalue weighted by atomic mass is 16.1. The van der Waals surface area contributed by atoms with Crippen LogP contribution >= 0.6 is 0 Å². The number of carbonyl (C=O) groups excluding carboxylic acids is 1. The lowest BCUT2D eigenvalue weighted by molar-refractivity contribution is -0.120. The van der Waals surface area contributed by atoms with E-state index in [1.54, 1.807) is 7.05 Å². The second-order valence-corrected chi connectivity index (χ2v) is 5.09. The van der Waals surface area contributed by atoms with Crippen LogP contribution in [0.25, 0.3) is 0 Å². The molecule has 0 unspecified atom stereocenters. The van der Waals surface area contributed by atoms with Gasteiger partial charge in [0, 0.05) is 19.2 Å². The lowest BCUT2D eigenvalue weighted by atomic mass is 10.1. The van der Waals surface area contributed by atoms with Crippen molar-refractivity contribution in [3.8, 4) is 6.07 Å². The number of nitrogens with zero attached hydrogens (tertiary/aromatic N) is 1. The first kappa shape index (κ1) is 15.0. The summed E-state index contributed by atoms with van der Waals surface area (Å²) in [6.07, 6.45) is 2.28. The van der Waals surface area contributed by atoms with Crippen LogP contribution in [0, 0.1) is 11.3 Å². The van der Waals surface area contributed by atoms with Crippen LogP contribution in [0.2, 0.25) is 0 Å². The van der Waals surface area contributed by atoms with Gasteiger partial charge in [-0.3, -0.25) is 4.79 Å². The van der Waals surface area contributed by atoms with Gasteiger partial charge >= 0.3 is 0 Å². The smallest absolute Gasteiger partial charge is 0.219 e. The quantitative estimate of drug-likeness (QED) is 0.824. The molecule has 0 aliphatic carbocycles. The summed E-state index contributed by atoms with van der Waals surface area (Å²) >= 11 is 0. The first-order valence-electron chi connectivity index (χ1n) is 6.46. The number of hydrogen-bond donors (Lipinski definition) is 2. The Morgan fingerprint density at radius 1 is 1.32 bits per heavy atom. The van der Waals surface area contributed by atoms with Gasteiger partial charge < -0.3 is 10.6 Å². The highest BCUT2D eigenvalue weighted by Gasteiger charge is 2.15. The van der Waals surface area contributed by atoms with Crippen molar-refractivity contribution in [2.45, 2.75) is 38.6 Å². The average molecular weight is 259 g/mol. The molecule has 0 saturated carbocycles. The van der Waals surface area contributed by atoms with Crippen LogP contribution in [-0.4, -0.2) is 18.5 Å². The van der Waals surface area contributed by atoms with Gasteiger partial charge in [-0.15, -0.1) is 0 Å². The van der Waals surface area contributed by atoms with Gasteiger partial charge in [0.15, 0.2) is 0 Å². The lowest BCUT2D eigenvalue weighted by Crippen LogP contribution is -2.28. The number of anilines is 1. The van der Waals surface area contributed by atoms with Gasteiger partial charge in [-0.05, 0) is 44.4 Å². The van der Waals surface area contributed by atoms with Crippen molar-refractivity contribution in [2.24, 2.45) is 0 Å². The molecule has 0 aliphatic heterocycles. The molecule has 0 radical (unpaired) electrons. The Balaban J connectivity index is 2.48. The van der Waals surface area contributed by atoms with Crippen LogP contribution in [0.1, 0.15) is 32.3 Å². The fraction of sp³-hybridized carbons (Fsp3) is 0.467. The van der Waals surface area contributed by atoms with Crippen LogP contribution in [0.15, 0.2) is 24.3 Å². The summed E-state index contributed by atoms with van der Waals surface area (Å²) in [4.78, 5) is 11.1. The molecule has 2 N–H and O–H groups in total. The molecule has 0 bridgehead atoms. The van der Waals surface area contributed by atoms with E-state index in [2.05, 4.69) is 16.7 Å². The molecule has 0 atom stereocenters. The second-order valence-electron chi connectivity index (χ2n) is 5.09. The topological polar surface area (TPSA) is 64.9 Å². The fourth-order valence-corrected chi connectivity index (χ4v) is 1.72. The monoisotopic (exact) mass is 259 g/mol. The summed E-state index contributed by atoms with van der Waals surface area (Å²) in [7, 11) is 1.65. The zero-order chi connectivity index (χ0) is 14.3. The molecule has 0 heterocycles. The van der Waals surface area contributed by atoms with Crippen LogP contribution in [0.4, 0.5) is 5.69 Å². The highest BCUT2D eigenvalue weighted by Crippen LogP contribution is 2.16. The fourth-order valence-electron chi connectivity index (χ4n) is 1.72. The molecule has 1 aromatic carbocycles. The van der Waals surface area contributed by atoms with E-state index in [9.17, 15) is 4.79 Å². The van der Waals surface area contributed by atoms with E-state index in [4.69, 9.17) is 5.26 Å². The van der Waals surface area contributed by atoms with E-state index in [1.807, 2.05) is 38.1 Å². The average Bonchev–Trinajstić information content (AvgIpc) is 2.40. The van der Waals surface area contributed by atoms with Crippen LogP contribution in [0.5, 0.6) is 0 Å². The third kappa shape index (κ3) is 5.43. The predicted molar refractivity (Wildman–Crippen MR) is 76.8 cm³/mol. The molecule has 1 amide bonds. The Kier molecular flexibility index (Phi) is 5.37. The van der Waals surface area contributed by atoms with Crippen molar-refractivity contribution in [3.05, 3.63) is 29.8 Å². The maximum atomic E-state index is 11.1. The highest BCUT2D eigenvalue weighted by molar-refractivity contribution is 5.75. The summed E-state index contributed by atoms with van der Waals surface area (Å²) < 4.78 is 0. The molecule has 0 aliphatic rings. The van der Waals surface area contributed by atoms with E-state index < -0.39 is 5.54 Å². The number of carbonyl (C=O) groups is 1. The molecule has 0 aromatic heterocycles. The maximum absolute atomic E-state index is 11.1. The third-order valence-corrected chi connectivity index (χ3v) is 2.84. The van der Waals surface area contributed by atoms with Gasteiger partial charge in [-0.2, -0.15) is 5.26 Å². The number of benzene rings is 1. The Morgan fingerprint density at radius 2 is 1.95 bits per heavy atom. The van der Waals surface area contributed by atoms with E-state index in [1.165, 1.54) is 5.56 Å². The summed E-state index contributed by atoms with van der Waals surface area (Å²) in [6, 6.07) is 10.2. The lowest BCUT2D eigenvalue weighted by Gasteiger charge is -2.19. The van der Waals surface area contributed by atoms with E-state index >= 15 is 0 Å². The van der Waals surface area contributed by atoms with E-state index in [0.717, 1.165) is 18.5 Å². The molecule has 0 spiro atoms. The molecule has 1 aromatic rings. The SMILES string of the molecule is CNC(=O)CCCc1ccc(NC(C)(C)C#N)cc1. The number of amides is 1. The molecule has 0 saturated heterocycles. The Labute approximate surface area is 114 Å². The van der Waals surface area contributed by atoms with Crippen molar-refractivity contribution < 1.29 is 4.79 Å². The molecule has 102 valence electrons. The number of hydrogen-bond acceptors (Lipinski definition) is 3. The number of nitrogens with one attached hydrogen (secondary N) is 2. The molecular weight excluding hydrogens is 238 g/mol. The molecule has 1 rings (SSSR count). The number of aryl methyl sites for hydroxylation is 1. The van der Waals surface area contributed by atoms with E-state index in [-0.39, 0.29) is 5.91 Å². The predicted octanol–water partition coefficient (Wildman–Crippen LogP) is 2.47. The second kappa shape index (κ2) is 6.79. The van der Waals surface area contributed by atoms with Crippen LogP contribution in [-0.2, 0) is 11.2 Å². The van der Waals surface area contributed by atoms with Crippen molar-refractivity contribution >= 4 is 11.6 Å². The van der Waals surface area contributed by atoms with Crippen molar-refractivity contribution in [1.82, 2.24) is 5.32 Å². The molecule has 0 fully saturated rings. The number of nitriles is 1. The standard InChI is InChI=1S/C15H21N3O/c1-15(2,11-16)18-13-9-7-12(8-10-13)5-4-6-14(19)17-3/h7-10,18H,4-6H2,1-3H3,(H,17,19). The minimum absolute atomic E-state index is 0.0778. The maximum Gasteiger partial charge on any atom is 0.219 e. The van der Waals surface area contributed by atoms with Gasteiger partial charge in [0.2, 0.25) is 5.91 Å². The molecular formula is C15H21N3O. The zero-order valence-corrected chi connectivity index (χ0v) is 11.8. The van der Waals surface area contributed by atoms with Crippen LogP contribution < -0.4 is 10.6 Å². The first-order valence-corrected chi connectivity index (χ1v) is 6.46.